The van der Waals surface area contributed by atoms with Crippen molar-refractivity contribution in [2.24, 2.45) is 0 Å². The van der Waals surface area contributed by atoms with Crippen LogP contribution < -0.4 is 5.32 Å². The number of aryl methyl sites for hydroxylation is 1. The summed E-state index contributed by atoms with van der Waals surface area (Å²) in [5, 5.41) is 7.35. The predicted octanol–water partition coefficient (Wildman–Crippen LogP) is 5.38. The van der Waals surface area contributed by atoms with Crippen LogP contribution in [-0.4, -0.2) is 16.0 Å². The van der Waals surface area contributed by atoms with E-state index in [0.717, 1.165) is 10.0 Å². The Morgan fingerprint density at radius 3 is 2.68 bits per heavy atom. The maximum atomic E-state index is 12.1. The number of hydrogen-bond donors (Lipinski definition) is 1. The van der Waals surface area contributed by atoms with Gasteiger partial charge in [0.15, 0.2) is 0 Å². The molecule has 0 spiro atoms. The van der Waals surface area contributed by atoms with Gasteiger partial charge in [-0.3, -0.25) is 4.79 Å². The van der Waals surface area contributed by atoms with E-state index < -0.39 is 0 Å². The number of anilines is 1. The van der Waals surface area contributed by atoms with Crippen molar-refractivity contribution < 1.29 is 9.32 Å². The molecule has 3 rings (SSSR count). The lowest BCUT2D eigenvalue weighted by Gasteiger charge is -2.07. The minimum absolute atomic E-state index is 0.185. The lowest BCUT2D eigenvalue weighted by atomic mass is 10.2. The number of carbonyl (C=O) groups is 1. The van der Waals surface area contributed by atoms with Gasteiger partial charge in [0, 0.05) is 22.9 Å². The SMILES string of the molecule is O=C(CCc1nc(-c2ccc(Br)cc2)no1)Nc1cccc(Cl)c1Cl. The zero-order valence-corrected chi connectivity index (χ0v) is 15.9. The maximum absolute atomic E-state index is 12.1. The summed E-state index contributed by atoms with van der Waals surface area (Å²) in [6.07, 6.45) is 0.512. The Bertz CT molecular complexity index is 897. The first-order chi connectivity index (χ1) is 12.0. The number of halogens is 3. The van der Waals surface area contributed by atoms with Gasteiger partial charge >= 0.3 is 0 Å². The minimum atomic E-state index is -0.215. The zero-order valence-electron chi connectivity index (χ0n) is 12.8. The zero-order chi connectivity index (χ0) is 17.8. The van der Waals surface area contributed by atoms with Gasteiger partial charge in [0.2, 0.25) is 17.6 Å². The molecule has 1 heterocycles. The summed E-state index contributed by atoms with van der Waals surface area (Å²) < 4.78 is 6.16. The first kappa shape index (κ1) is 17.9. The summed E-state index contributed by atoms with van der Waals surface area (Å²) >= 11 is 15.3. The van der Waals surface area contributed by atoms with Crippen LogP contribution in [0.25, 0.3) is 11.4 Å². The van der Waals surface area contributed by atoms with Gasteiger partial charge in [0.05, 0.1) is 15.7 Å². The van der Waals surface area contributed by atoms with E-state index in [1.54, 1.807) is 18.2 Å². The molecule has 1 amide bonds. The molecule has 0 aliphatic heterocycles. The van der Waals surface area contributed by atoms with Crippen LogP contribution >= 0.6 is 39.1 Å². The van der Waals surface area contributed by atoms with Crippen LogP contribution in [0.1, 0.15) is 12.3 Å². The molecule has 0 radical (unpaired) electrons. The van der Waals surface area contributed by atoms with Crippen LogP contribution in [0.4, 0.5) is 5.69 Å². The van der Waals surface area contributed by atoms with E-state index in [1.807, 2.05) is 24.3 Å². The van der Waals surface area contributed by atoms with Crippen LogP contribution in [0.3, 0.4) is 0 Å². The van der Waals surface area contributed by atoms with Gasteiger partial charge in [-0.25, -0.2) is 0 Å². The van der Waals surface area contributed by atoms with Crippen LogP contribution in [0.2, 0.25) is 10.0 Å². The highest BCUT2D eigenvalue weighted by molar-refractivity contribution is 9.10. The van der Waals surface area contributed by atoms with Gasteiger partial charge in [0.25, 0.3) is 0 Å². The van der Waals surface area contributed by atoms with Gasteiger partial charge in [-0.2, -0.15) is 4.98 Å². The van der Waals surface area contributed by atoms with E-state index in [1.165, 1.54) is 0 Å². The largest absolute Gasteiger partial charge is 0.339 e. The van der Waals surface area contributed by atoms with Crippen molar-refractivity contribution in [2.75, 3.05) is 5.32 Å². The van der Waals surface area contributed by atoms with Gasteiger partial charge in [0.1, 0.15) is 0 Å². The van der Waals surface area contributed by atoms with Gasteiger partial charge in [-0.1, -0.05) is 50.4 Å². The Labute approximate surface area is 162 Å². The molecule has 1 N–H and O–H groups in total. The standard InChI is InChI=1S/C17H12BrCl2N3O2/c18-11-6-4-10(5-7-11)17-22-15(25-23-17)9-8-14(24)21-13-3-1-2-12(19)16(13)20/h1-7H,8-9H2,(H,21,24). The fourth-order valence-electron chi connectivity index (χ4n) is 2.11. The lowest BCUT2D eigenvalue weighted by Crippen LogP contribution is -2.12. The highest BCUT2D eigenvalue weighted by atomic mass is 79.9. The van der Waals surface area contributed by atoms with Crippen molar-refractivity contribution in [3.8, 4) is 11.4 Å². The van der Waals surface area contributed by atoms with E-state index in [0.29, 0.717) is 33.9 Å². The Hall–Kier alpha value is -1.89. The normalized spacial score (nSPS) is 10.7. The average molecular weight is 441 g/mol. The first-order valence-corrected chi connectivity index (χ1v) is 8.90. The highest BCUT2D eigenvalue weighted by Gasteiger charge is 2.12. The van der Waals surface area contributed by atoms with E-state index >= 15 is 0 Å². The topological polar surface area (TPSA) is 68.0 Å². The van der Waals surface area contributed by atoms with Crippen molar-refractivity contribution in [2.45, 2.75) is 12.8 Å². The van der Waals surface area contributed by atoms with Gasteiger partial charge < -0.3 is 9.84 Å². The van der Waals surface area contributed by atoms with Gasteiger partial charge in [-0.15, -0.1) is 0 Å². The number of benzene rings is 2. The number of nitrogens with one attached hydrogen (secondary N) is 1. The fraction of sp³-hybridized carbons (Fsp3) is 0.118. The summed E-state index contributed by atoms with van der Waals surface area (Å²) in [5.41, 5.74) is 1.31. The number of amides is 1. The monoisotopic (exact) mass is 439 g/mol. The fourth-order valence-corrected chi connectivity index (χ4v) is 2.72. The predicted molar refractivity (Wildman–Crippen MR) is 101 cm³/mol. The molecule has 1 aromatic heterocycles. The van der Waals surface area contributed by atoms with Crippen molar-refractivity contribution in [1.29, 1.82) is 0 Å². The molecular formula is C17H12BrCl2N3O2. The molecular weight excluding hydrogens is 429 g/mol. The molecule has 0 aliphatic rings. The molecule has 0 atom stereocenters. The van der Waals surface area contributed by atoms with Crippen LogP contribution in [0, 0.1) is 0 Å². The third-order valence-electron chi connectivity index (χ3n) is 3.36. The molecule has 0 unspecified atom stereocenters. The summed E-state index contributed by atoms with van der Waals surface area (Å²) in [7, 11) is 0. The Morgan fingerprint density at radius 2 is 1.92 bits per heavy atom. The molecule has 0 fully saturated rings. The Morgan fingerprint density at radius 1 is 1.16 bits per heavy atom. The number of rotatable bonds is 5. The molecule has 3 aromatic rings. The molecule has 0 bridgehead atoms. The second kappa shape index (κ2) is 7.99. The maximum Gasteiger partial charge on any atom is 0.227 e. The number of hydrogen-bond acceptors (Lipinski definition) is 4. The van der Waals surface area contributed by atoms with Crippen LogP contribution in [0.5, 0.6) is 0 Å². The van der Waals surface area contributed by atoms with Crippen molar-refractivity contribution in [3.63, 3.8) is 0 Å². The van der Waals surface area contributed by atoms with E-state index in [9.17, 15) is 4.79 Å². The van der Waals surface area contributed by atoms with E-state index in [4.69, 9.17) is 27.7 Å². The first-order valence-electron chi connectivity index (χ1n) is 7.35. The smallest absolute Gasteiger partial charge is 0.227 e. The molecule has 8 heteroatoms. The number of aromatic nitrogens is 2. The van der Waals surface area contributed by atoms with Crippen molar-refractivity contribution in [3.05, 3.63) is 62.9 Å². The summed E-state index contributed by atoms with van der Waals surface area (Å²) in [5.74, 6) is 0.665. The molecule has 2 aromatic carbocycles. The number of nitrogens with zero attached hydrogens (tertiary/aromatic N) is 2. The number of carbonyl (C=O) groups excluding carboxylic acids is 1. The second-order valence-corrected chi connectivity index (χ2v) is 6.87. The Kier molecular flexibility index (Phi) is 5.73. The van der Waals surface area contributed by atoms with E-state index in [2.05, 4.69) is 31.4 Å². The molecule has 0 saturated carbocycles. The lowest BCUT2D eigenvalue weighted by molar-refractivity contribution is -0.116. The van der Waals surface area contributed by atoms with Crippen molar-refractivity contribution >= 4 is 50.7 Å². The summed E-state index contributed by atoms with van der Waals surface area (Å²) in [6.45, 7) is 0. The summed E-state index contributed by atoms with van der Waals surface area (Å²) in [4.78, 5) is 16.4. The van der Waals surface area contributed by atoms with Crippen LogP contribution in [-0.2, 0) is 11.2 Å². The Balaban J connectivity index is 1.59. The third kappa shape index (κ3) is 4.60. The molecule has 128 valence electrons. The molecule has 25 heavy (non-hydrogen) atoms. The molecule has 5 nitrogen and oxygen atoms in total. The van der Waals surface area contributed by atoms with Gasteiger partial charge in [-0.05, 0) is 36.4 Å². The third-order valence-corrected chi connectivity index (χ3v) is 4.71. The van der Waals surface area contributed by atoms with Crippen LogP contribution in [0.15, 0.2) is 51.5 Å². The average Bonchev–Trinajstić information content (AvgIpc) is 3.07. The second-order valence-electron chi connectivity index (χ2n) is 5.17. The van der Waals surface area contributed by atoms with Crippen molar-refractivity contribution in [1.82, 2.24) is 10.1 Å². The molecule has 0 saturated heterocycles. The minimum Gasteiger partial charge on any atom is -0.339 e. The highest BCUT2D eigenvalue weighted by Crippen LogP contribution is 2.29. The molecule has 0 aliphatic carbocycles. The van der Waals surface area contributed by atoms with E-state index in [-0.39, 0.29) is 12.3 Å². The summed E-state index contributed by atoms with van der Waals surface area (Å²) in [6, 6.07) is 12.6. The quantitative estimate of drug-likeness (QED) is 0.578.